The lowest BCUT2D eigenvalue weighted by Gasteiger charge is -2.18. The molecule has 6 heteroatoms. The highest BCUT2D eigenvalue weighted by Crippen LogP contribution is 2.18. The Hall–Kier alpha value is -1.85. The van der Waals surface area contributed by atoms with E-state index in [4.69, 9.17) is 14.2 Å². The predicted molar refractivity (Wildman–Crippen MR) is 312 cm³/mol. The fraction of sp³-hybridized carbons (Fsp3) is 0.924. The van der Waals surface area contributed by atoms with E-state index in [0.29, 0.717) is 19.3 Å². The molecule has 0 aliphatic carbocycles. The fourth-order valence-electron chi connectivity index (χ4n) is 10.1. The Morgan fingerprint density at radius 3 is 0.694 bits per heavy atom. The molecule has 72 heavy (non-hydrogen) atoms. The lowest BCUT2D eigenvalue weighted by molar-refractivity contribution is -0.167. The van der Waals surface area contributed by atoms with E-state index in [1.165, 1.54) is 276 Å². The highest BCUT2D eigenvalue weighted by molar-refractivity contribution is 5.71. The number of hydrogen-bond acceptors (Lipinski definition) is 6. The molecule has 426 valence electrons. The van der Waals surface area contributed by atoms with Gasteiger partial charge in [0, 0.05) is 19.3 Å². The molecule has 0 radical (unpaired) electrons. The van der Waals surface area contributed by atoms with E-state index in [1.807, 2.05) is 0 Å². The van der Waals surface area contributed by atoms with Gasteiger partial charge < -0.3 is 14.2 Å². The van der Waals surface area contributed by atoms with Crippen LogP contribution < -0.4 is 0 Å². The minimum atomic E-state index is -0.765. The topological polar surface area (TPSA) is 78.9 Å². The minimum absolute atomic E-state index is 0.0648. The number of carbonyl (C=O) groups excluding carboxylic acids is 3. The summed E-state index contributed by atoms with van der Waals surface area (Å²) in [4.78, 5) is 38.1. The standard InChI is InChI=1S/C66H126O6/c1-4-7-10-13-16-19-21-23-25-27-29-31-32-33-34-36-37-39-41-43-45-47-50-53-56-59-65(68)71-62-63(61-70-64(67)58-55-52-49-18-15-12-9-6-3)72-66(69)60-57-54-51-48-46-44-42-40-38-35-30-28-26-24-22-20-17-14-11-8-5-2/h28,30,63H,4-27,29,31-62H2,1-3H3/b30-28-. The molecule has 0 saturated heterocycles. The smallest absolute Gasteiger partial charge is 0.306 e. The van der Waals surface area contributed by atoms with E-state index in [1.54, 1.807) is 0 Å². The molecular weight excluding hydrogens is 889 g/mol. The largest absolute Gasteiger partial charge is 0.462 e. The van der Waals surface area contributed by atoms with Gasteiger partial charge in [-0.2, -0.15) is 0 Å². The maximum Gasteiger partial charge on any atom is 0.306 e. The van der Waals surface area contributed by atoms with Crippen molar-refractivity contribution in [3.05, 3.63) is 12.2 Å². The average molecular weight is 1020 g/mol. The van der Waals surface area contributed by atoms with Crippen molar-refractivity contribution in [3.63, 3.8) is 0 Å². The molecule has 0 aromatic rings. The molecule has 1 atom stereocenters. The molecule has 0 fully saturated rings. The Labute approximate surface area is 450 Å². The molecule has 0 spiro atoms. The van der Waals surface area contributed by atoms with Crippen LogP contribution in [0.2, 0.25) is 0 Å². The van der Waals surface area contributed by atoms with Crippen LogP contribution in [0, 0.1) is 0 Å². The Morgan fingerprint density at radius 2 is 0.458 bits per heavy atom. The van der Waals surface area contributed by atoms with Gasteiger partial charge in [-0.15, -0.1) is 0 Å². The molecule has 1 unspecified atom stereocenters. The second-order valence-corrected chi connectivity index (χ2v) is 22.4. The zero-order valence-electron chi connectivity index (χ0n) is 49.0. The Balaban J connectivity index is 4.09. The third kappa shape index (κ3) is 59.0. The summed E-state index contributed by atoms with van der Waals surface area (Å²) in [6, 6.07) is 0. The van der Waals surface area contributed by atoms with Gasteiger partial charge in [0.15, 0.2) is 6.10 Å². The SMILES string of the molecule is CCCCCCCCCC/C=C\CCCCCCCCCCCC(=O)OC(COC(=O)CCCCCCCCCC)COC(=O)CCCCCCCCCCCCCCCCCCCCCCCCCCC. The molecule has 0 N–H and O–H groups in total. The van der Waals surface area contributed by atoms with Gasteiger partial charge in [0.05, 0.1) is 0 Å². The Kier molecular flexibility index (Phi) is 60.1. The van der Waals surface area contributed by atoms with Crippen LogP contribution in [0.3, 0.4) is 0 Å². The fourth-order valence-corrected chi connectivity index (χ4v) is 10.1. The summed E-state index contributed by atoms with van der Waals surface area (Å²) in [5.74, 6) is -0.844. The normalized spacial score (nSPS) is 12.0. The molecule has 0 aliphatic heterocycles. The summed E-state index contributed by atoms with van der Waals surface area (Å²) in [6.07, 6.45) is 72.5. The Morgan fingerprint density at radius 1 is 0.264 bits per heavy atom. The number of unbranched alkanes of at least 4 members (excludes halogenated alkanes) is 48. The number of rotatable bonds is 61. The van der Waals surface area contributed by atoms with Gasteiger partial charge in [-0.05, 0) is 44.9 Å². The quantitative estimate of drug-likeness (QED) is 0.0261. The molecule has 6 nitrogen and oxygen atoms in total. The number of allylic oxidation sites excluding steroid dienone is 2. The van der Waals surface area contributed by atoms with Crippen LogP contribution in [0.5, 0.6) is 0 Å². The summed E-state index contributed by atoms with van der Waals surface area (Å²) in [5, 5.41) is 0. The number of esters is 3. The van der Waals surface area contributed by atoms with Crippen LogP contribution in [-0.2, 0) is 28.6 Å². The Bertz CT molecular complexity index is 1120. The predicted octanol–water partition coefficient (Wildman–Crippen LogP) is 22.1. The minimum Gasteiger partial charge on any atom is -0.462 e. The van der Waals surface area contributed by atoms with Gasteiger partial charge in [0.1, 0.15) is 13.2 Å². The molecule has 0 aliphatic rings. The van der Waals surface area contributed by atoms with Gasteiger partial charge in [-0.1, -0.05) is 322 Å². The molecule has 0 aromatic heterocycles. The first-order valence-electron chi connectivity index (χ1n) is 32.7. The van der Waals surface area contributed by atoms with Gasteiger partial charge >= 0.3 is 17.9 Å². The van der Waals surface area contributed by atoms with Crippen molar-refractivity contribution in [1.29, 1.82) is 0 Å². The van der Waals surface area contributed by atoms with Crippen LogP contribution in [0.15, 0.2) is 12.2 Å². The van der Waals surface area contributed by atoms with Gasteiger partial charge in [-0.3, -0.25) is 14.4 Å². The molecule has 0 bridgehead atoms. The third-order valence-electron chi connectivity index (χ3n) is 15.0. The highest BCUT2D eigenvalue weighted by atomic mass is 16.6. The van der Waals surface area contributed by atoms with Crippen LogP contribution in [-0.4, -0.2) is 37.2 Å². The lowest BCUT2D eigenvalue weighted by Crippen LogP contribution is -2.30. The molecule has 0 saturated carbocycles. The third-order valence-corrected chi connectivity index (χ3v) is 15.0. The van der Waals surface area contributed by atoms with Crippen molar-refractivity contribution < 1.29 is 28.6 Å². The van der Waals surface area contributed by atoms with Crippen molar-refractivity contribution in [2.24, 2.45) is 0 Å². The van der Waals surface area contributed by atoms with Gasteiger partial charge in [-0.25, -0.2) is 0 Å². The second-order valence-electron chi connectivity index (χ2n) is 22.4. The summed E-state index contributed by atoms with van der Waals surface area (Å²) < 4.78 is 16.9. The first-order valence-corrected chi connectivity index (χ1v) is 32.7. The van der Waals surface area contributed by atoms with Gasteiger partial charge in [0.25, 0.3) is 0 Å². The summed E-state index contributed by atoms with van der Waals surface area (Å²) in [7, 11) is 0. The van der Waals surface area contributed by atoms with E-state index in [2.05, 4.69) is 32.9 Å². The van der Waals surface area contributed by atoms with E-state index < -0.39 is 6.10 Å². The first-order chi connectivity index (χ1) is 35.5. The van der Waals surface area contributed by atoms with Crippen molar-refractivity contribution in [3.8, 4) is 0 Å². The van der Waals surface area contributed by atoms with E-state index in [0.717, 1.165) is 57.8 Å². The average Bonchev–Trinajstić information content (AvgIpc) is 3.38. The molecular formula is C66H126O6. The van der Waals surface area contributed by atoms with Crippen molar-refractivity contribution in [1.82, 2.24) is 0 Å². The molecule has 0 amide bonds. The van der Waals surface area contributed by atoms with Crippen LogP contribution in [0.1, 0.15) is 374 Å². The number of hydrogen-bond donors (Lipinski definition) is 0. The first kappa shape index (κ1) is 70.1. The summed E-state index contributed by atoms with van der Waals surface area (Å²) >= 11 is 0. The maximum atomic E-state index is 12.9. The zero-order valence-corrected chi connectivity index (χ0v) is 49.0. The van der Waals surface area contributed by atoms with Crippen molar-refractivity contribution in [2.45, 2.75) is 380 Å². The highest BCUT2D eigenvalue weighted by Gasteiger charge is 2.19. The van der Waals surface area contributed by atoms with Crippen LogP contribution in [0.25, 0.3) is 0 Å². The van der Waals surface area contributed by atoms with Crippen molar-refractivity contribution >= 4 is 17.9 Å². The van der Waals surface area contributed by atoms with E-state index >= 15 is 0 Å². The monoisotopic (exact) mass is 1010 g/mol. The summed E-state index contributed by atoms with van der Waals surface area (Å²) in [6.45, 7) is 6.68. The lowest BCUT2D eigenvalue weighted by atomic mass is 10.0. The number of ether oxygens (including phenoxy) is 3. The van der Waals surface area contributed by atoms with Gasteiger partial charge in [0.2, 0.25) is 0 Å². The molecule has 0 rings (SSSR count). The van der Waals surface area contributed by atoms with E-state index in [-0.39, 0.29) is 31.1 Å². The zero-order chi connectivity index (χ0) is 52.2. The number of carbonyl (C=O) groups is 3. The summed E-state index contributed by atoms with van der Waals surface area (Å²) in [5.41, 5.74) is 0. The molecule has 0 heterocycles. The second kappa shape index (κ2) is 61.7. The van der Waals surface area contributed by atoms with Crippen molar-refractivity contribution in [2.75, 3.05) is 13.2 Å². The molecule has 0 aromatic carbocycles. The van der Waals surface area contributed by atoms with E-state index in [9.17, 15) is 14.4 Å². The van der Waals surface area contributed by atoms with Crippen LogP contribution >= 0.6 is 0 Å². The van der Waals surface area contributed by atoms with Crippen LogP contribution in [0.4, 0.5) is 0 Å². The maximum absolute atomic E-state index is 12.9.